The Bertz CT molecular complexity index is 1310. The van der Waals surface area contributed by atoms with Crippen molar-refractivity contribution in [2.45, 2.75) is 39.2 Å². The van der Waals surface area contributed by atoms with Crippen molar-refractivity contribution in [3.8, 4) is 0 Å². The summed E-state index contributed by atoms with van der Waals surface area (Å²) in [5, 5.41) is 22.5. The first kappa shape index (κ1) is 20.2. The van der Waals surface area contributed by atoms with Crippen LogP contribution in [0.4, 0.5) is 11.6 Å². The number of nitrogens with zero attached hydrogens (tertiary/aromatic N) is 5. The van der Waals surface area contributed by atoms with E-state index in [2.05, 4.69) is 32.5 Å². The zero-order chi connectivity index (χ0) is 22.2. The van der Waals surface area contributed by atoms with Gasteiger partial charge in [-0.2, -0.15) is 0 Å². The van der Waals surface area contributed by atoms with E-state index < -0.39 is 5.97 Å². The fourth-order valence-electron chi connectivity index (χ4n) is 4.57. The van der Waals surface area contributed by atoms with Crippen LogP contribution < -0.4 is 10.2 Å². The average molecular weight is 431 g/mol. The molecule has 8 heteroatoms. The highest BCUT2D eigenvalue weighted by molar-refractivity contribution is 5.96. The number of carboxylic acid groups (broad SMARTS) is 1. The Hall–Kier alpha value is -3.68. The number of hydrogen-bond acceptors (Lipinski definition) is 6. The summed E-state index contributed by atoms with van der Waals surface area (Å²) >= 11 is 0. The smallest absolute Gasteiger partial charge is 0.337 e. The molecule has 8 nitrogen and oxygen atoms in total. The van der Waals surface area contributed by atoms with Crippen molar-refractivity contribution in [2.24, 2.45) is 0 Å². The predicted octanol–water partition coefficient (Wildman–Crippen LogP) is 4.45. The molecule has 0 aliphatic carbocycles. The average Bonchev–Trinajstić information content (AvgIpc) is 3.29. The fraction of sp³-hybridized carbons (Fsp3) is 0.333. The summed E-state index contributed by atoms with van der Waals surface area (Å²) in [6.45, 7) is 6.01. The van der Waals surface area contributed by atoms with Crippen LogP contribution in [0, 0.1) is 6.92 Å². The van der Waals surface area contributed by atoms with Crippen LogP contribution in [0.15, 0.2) is 42.7 Å². The summed E-state index contributed by atoms with van der Waals surface area (Å²) in [6, 6.07) is 11.0. The van der Waals surface area contributed by atoms with Gasteiger partial charge in [0, 0.05) is 29.7 Å². The quantitative estimate of drug-likeness (QED) is 0.483. The first-order valence-corrected chi connectivity index (χ1v) is 11.0. The van der Waals surface area contributed by atoms with E-state index in [4.69, 9.17) is 4.98 Å². The Balaban J connectivity index is 1.65. The molecular weight excluding hydrogens is 404 g/mol. The molecule has 1 atom stereocenters. The van der Waals surface area contributed by atoms with Crippen LogP contribution in [-0.4, -0.2) is 43.7 Å². The van der Waals surface area contributed by atoms with Crippen molar-refractivity contribution in [1.82, 2.24) is 19.6 Å². The number of fused-ring (bicyclic) bond motifs is 3. The Kier molecular flexibility index (Phi) is 5.13. The molecule has 5 rings (SSSR count). The number of aromatic nitrogens is 4. The second-order valence-electron chi connectivity index (χ2n) is 8.45. The van der Waals surface area contributed by atoms with E-state index in [-0.39, 0.29) is 11.6 Å². The normalized spacial score (nSPS) is 15.2. The van der Waals surface area contributed by atoms with E-state index in [9.17, 15) is 9.90 Å². The first-order valence-electron chi connectivity index (χ1n) is 11.0. The number of carboxylic acids is 1. The highest BCUT2D eigenvalue weighted by atomic mass is 16.4. The molecule has 0 spiro atoms. The molecule has 4 aromatic rings. The number of aryl methyl sites for hydroxylation is 1. The van der Waals surface area contributed by atoms with E-state index in [1.165, 1.54) is 6.42 Å². The number of nitrogens with one attached hydrogen (secondary N) is 1. The van der Waals surface area contributed by atoms with Crippen molar-refractivity contribution in [3.05, 3.63) is 59.4 Å². The lowest BCUT2D eigenvalue weighted by Crippen LogP contribution is -2.32. The van der Waals surface area contributed by atoms with Gasteiger partial charge in [0.15, 0.2) is 5.65 Å². The lowest BCUT2D eigenvalue weighted by molar-refractivity contribution is 0.0698. The lowest BCUT2D eigenvalue weighted by atomic mass is 10.0. The minimum Gasteiger partial charge on any atom is -0.478 e. The monoisotopic (exact) mass is 430 g/mol. The van der Waals surface area contributed by atoms with E-state index in [1.54, 1.807) is 24.5 Å². The molecule has 0 saturated carbocycles. The molecule has 0 bridgehead atoms. The summed E-state index contributed by atoms with van der Waals surface area (Å²) in [4.78, 5) is 19.1. The third kappa shape index (κ3) is 3.51. The van der Waals surface area contributed by atoms with Gasteiger partial charge in [0.25, 0.3) is 0 Å². The third-order valence-electron chi connectivity index (χ3n) is 6.13. The molecule has 2 N–H and O–H groups in total. The van der Waals surface area contributed by atoms with Gasteiger partial charge in [-0.1, -0.05) is 18.2 Å². The van der Waals surface area contributed by atoms with Gasteiger partial charge >= 0.3 is 5.97 Å². The zero-order valence-electron chi connectivity index (χ0n) is 18.2. The maximum absolute atomic E-state index is 11.7. The molecule has 2 aromatic heterocycles. The van der Waals surface area contributed by atoms with E-state index in [1.807, 2.05) is 24.3 Å². The molecule has 1 unspecified atom stereocenters. The van der Waals surface area contributed by atoms with Crippen molar-refractivity contribution in [2.75, 3.05) is 23.3 Å². The zero-order valence-corrected chi connectivity index (χ0v) is 18.2. The largest absolute Gasteiger partial charge is 0.478 e. The number of para-hydroxylation sites is 1. The van der Waals surface area contributed by atoms with Gasteiger partial charge in [-0.3, -0.25) is 4.40 Å². The maximum Gasteiger partial charge on any atom is 0.337 e. The molecule has 1 fully saturated rings. The molecular formula is C24H26N6O2. The summed E-state index contributed by atoms with van der Waals surface area (Å²) in [5.41, 5.74) is 4.58. The maximum atomic E-state index is 11.7. The van der Waals surface area contributed by atoms with Crippen LogP contribution in [0.1, 0.15) is 53.7 Å². The van der Waals surface area contributed by atoms with Crippen molar-refractivity contribution in [1.29, 1.82) is 0 Å². The molecule has 1 aliphatic heterocycles. The molecule has 1 aliphatic rings. The number of benzene rings is 2. The minimum absolute atomic E-state index is 0.162. The first-order chi connectivity index (χ1) is 15.5. The van der Waals surface area contributed by atoms with Gasteiger partial charge in [0.1, 0.15) is 6.33 Å². The van der Waals surface area contributed by atoms with Gasteiger partial charge in [-0.25, -0.2) is 9.78 Å². The lowest BCUT2D eigenvalue weighted by Gasteiger charge is -2.28. The Morgan fingerprint density at radius 3 is 2.72 bits per heavy atom. The van der Waals surface area contributed by atoms with Crippen LogP contribution in [0.2, 0.25) is 0 Å². The van der Waals surface area contributed by atoms with E-state index in [0.29, 0.717) is 5.69 Å². The van der Waals surface area contributed by atoms with Crippen LogP contribution >= 0.6 is 0 Å². The summed E-state index contributed by atoms with van der Waals surface area (Å²) in [6.07, 6.45) is 5.27. The van der Waals surface area contributed by atoms with Crippen LogP contribution in [0.3, 0.4) is 0 Å². The molecule has 32 heavy (non-hydrogen) atoms. The number of piperidine rings is 1. The van der Waals surface area contributed by atoms with Gasteiger partial charge < -0.3 is 15.3 Å². The van der Waals surface area contributed by atoms with Gasteiger partial charge in [0.05, 0.1) is 17.1 Å². The number of hydrogen-bond donors (Lipinski definition) is 2. The van der Waals surface area contributed by atoms with Crippen molar-refractivity contribution < 1.29 is 9.90 Å². The number of rotatable bonds is 5. The summed E-state index contributed by atoms with van der Waals surface area (Å²) in [5.74, 6) is -0.0921. The molecule has 1 saturated heterocycles. The topological polar surface area (TPSA) is 95.6 Å². The van der Waals surface area contributed by atoms with Crippen LogP contribution in [0.25, 0.3) is 16.6 Å². The minimum atomic E-state index is -0.954. The fourth-order valence-corrected chi connectivity index (χ4v) is 4.57. The second-order valence-corrected chi connectivity index (χ2v) is 8.45. The van der Waals surface area contributed by atoms with Crippen molar-refractivity contribution in [3.63, 3.8) is 0 Å². The standard InChI is InChI=1S/C24H26N6O2/c1-15-12-18(16(2)26-20-9-5-4-8-17(20)23(31)32)21-19(13-15)22-28-25-14-30(22)24(27-21)29-10-6-3-7-11-29/h4-5,8-9,12-14,16,26H,3,6-7,10-11H2,1-2H3,(H,31,32). The Morgan fingerprint density at radius 2 is 1.94 bits per heavy atom. The van der Waals surface area contributed by atoms with Crippen molar-refractivity contribution >= 4 is 34.2 Å². The van der Waals surface area contributed by atoms with E-state index >= 15 is 0 Å². The molecule has 2 aromatic carbocycles. The molecule has 3 heterocycles. The molecule has 0 radical (unpaired) electrons. The van der Waals surface area contributed by atoms with Gasteiger partial charge in [-0.05, 0) is 56.9 Å². The highest BCUT2D eigenvalue weighted by Gasteiger charge is 2.22. The van der Waals surface area contributed by atoms with Crippen LogP contribution in [-0.2, 0) is 0 Å². The van der Waals surface area contributed by atoms with Gasteiger partial charge in [-0.15, -0.1) is 10.2 Å². The Labute approximate surface area is 185 Å². The van der Waals surface area contributed by atoms with Gasteiger partial charge in [0.2, 0.25) is 5.95 Å². The molecule has 164 valence electrons. The van der Waals surface area contributed by atoms with Crippen LogP contribution in [0.5, 0.6) is 0 Å². The number of aromatic carboxylic acids is 1. The molecule has 0 amide bonds. The third-order valence-corrected chi connectivity index (χ3v) is 6.13. The second kappa shape index (κ2) is 8.11. The van der Waals surface area contributed by atoms with E-state index in [0.717, 1.165) is 59.6 Å². The highest BCUT2D eigenvalue weighted by Crippen LogP contribution is 2.32. The number of anilines is 2. The summed E-state index contributed by atoms with van der Waals surface area (Å²) in [7, 11) is 0. The predicted molar refractivity (Wildman–Crippen MR) is 125 cm³/mol. The Morgan fingerprint density at radius 1 is 1.16 bits per heavy atom. The summed E-state index contributed by atoms with van der Waals surface area (Å²) < 4.78 is 1.98. The number of carbonyl (C=O) groups is 1. The SMILES string of the molecule is Cc1cc(C(C)Nc2ccccc2C(=O)O)c2nc(N3CCCCC3)n3cnnc3c2c1.